The van der Waals surface area contributed by atoms with Crippen molar-refractivity contribution in [2.45, 2.75) is 51.1 Å². The van der Waals surface area contributed by atoms with Gasteiger partial charge in [0.05, 0.1) is 12.1 Å². The maximum atomic E-state index is 5.75. The summed E-state index contributed by atoms with van der Waals surface area (Å²) in [7, 11) is 0. The van der Waals surface area contributed by atoms with Gasteiger partial charge in [-0.3, -0.25) is 0 Å². The first kappa shape index (κ1) is 10.8. The number of thiol groups is 1. The lowest BCUT2D eigenvalue weighted by Gasteiger charge is -2.42. The molecule has 14 heavy (non-hydrogen) atoms. The third-order valence-electron chi connectivity index (χ3n) is 4.07. The summed E-state index contributed by atoms with van der Waals surface area (Å²) >= 11 is 4.72. The van der Waals surface area contributed by atoms with Crippen LogP contribution in [-0.2, 0) is 4.74 Å². The Bertz CT molecular complexity index is 211. The predicted molar refractivity (Wildman–Crippen MR) is 61.5 cm³/mol. The lowest BCUT2D eigenvalue weighted by molar-refractivity contribution is 0.0425. The van der Waals surface area contributed by atoms with Gasteiger partial charge in [0, 0.05) is 12.6 Å². The van der Waals surface area contributed by atoms with Gasteiger partial charge in [-0.1, -0.05) is 26.2 Å². The Morgan fingerprint density at radius 3 is 2.79 bits per heavy atom. The minimum atomic E-state index is 0.221. The molecule has 0 bridgehead atoms. The van der Waals surface area contributed by atoms with Gasteiger partial charge in [0.25, 0.3) is 0 Å². The predicted octanol–water partition coefficient (Wildman–Crippen LogP) is 2.50. The lowest BCUT2D eigenvalue weighted by Crippen LogP contribution is -2.51. The van der Waals surface area contributed by atoms with E-state index in [9.17, 15) is 0 Å². The Morgan fingerprint density at radius 2 is 2.14 bits per heavy atom. The van der Waals surface area contributed by atoms with Crippen molar-refractivity contribution >= 4 is 12.8 Å². The van der Waals surface area contributed by atoms with E-state index in [0.29, 0.717) is 6.04 Å². The number of ether oxygens (including phenoxy) is 1. The van der Waals surface area contributed by atoms with Crippen LogP contribution < -0.4 is 0 Å². The first-order valence-electron chi connectivity index (χ1n) is 5.73. The molecule has 0 unspecified atom stereocenters. The molecule has 2 fully saturated rings. The fraction of sp³-hybridized carbons (Fsp3) is 1.00. The summed E-state index contributed by atoms with van der Waals surface area (Å²) in [6.45, 7) is 6.38. The molecule has 3 atom stereocenters. The van der Waals surface area contributed by atoms with Gasteiger partial charge >= 0.3 is 0 Å². The summed E-state index contributed by atoms with van der Waals surface area (Å²) in [4.78, 5) is 0. The molecule has 2 nitrogen and oxygen atoms in total. The zero-order chi connectivity index (χ0) is 10.2. The topological polar surface area (TPSA) is 12.5 Å². The first-order valence-corrected chi connectivity index (χ1v) is 6.13. The molecule has 1 saturated carbocycles. The van der Waals surface area contributed by atoms with Crippen LogP contribution in [-0.4, -0.2) is 29.1 Å². The fourth-order valence-electron chi connectivity index (χ4n) is 2.91. The van der Waals surface area contributed by atoms with Crippen LogP contribution in [0.25, 0.3) is 0 Å². The molecule has 1 spiro atoms. The molecule has 0 radical (unpaired) electrons. The zero-order valence-electron chi connectivity index (χ0n) is 9.20. The largest absolute Gasteiger partial charge is 0.379 e. The Labute approximate surface area is 92.5 Å². The Hall–Kier alpha value is 0.270. The average molecular weight is 215 g/mol. The van der Waals surface area contributed by atoms with Crippen molar-refractivity contribution in [1.82, 2.24) is 4.31 Å². The van der Waals surface area contributed by atoms with Crippen LogP contribution in [0.5, 0.6) is 0 Å². The Kier molecular flexibility index (Phi) is 3.10. The van der Waals surface area contributed by atoms with Crippen LogP contribution in [0, 0.1) is 5.92 Å². The first-order chi connectivity index (χ1) is 6.67. The SMILES string of the molecule is C[C@@H]1CCC[C@@]12COCC[C@H](C)N2S. The van der Waals surface area contributed by atoms with Crippen molar-refractivity contribution in [2.24, 2.45) is 5.92 Å². The summed E-state index contributed by atoms with van der Waals surface area (Å²) in [5, 5.41) is 0. The summed E-state index contributed by atoms with van der Waals surface area (Å²) in [5.41, 5.74) is 0.221. The van der Waals surface area contributed by atoms with Crippen LogP contribution in [0.15, 0.2) is 0 Å². The second-order valence-corrected chi connectivity index (χ2v) is 5.36. The quantitative estimate of drug-likeness (QED) is 0.623. The van der Waals surface area contributed by atoms with Gasteiger partial charge in [0.15, 0.2) is 0 Å². The molecular weight excluding hydrogens is 194 g/mol. The third-order valence-corrected chi connectivity index (χ3v) is 4.86. The molecule has 0 amide bonds. The van der Waals surface area contributed by atoms with E-state index in [4.69, 9.17) is 17.6 Å². The van der Waals surface area contributed by atoms with Crippen LogP contribution in [0.2, 0.25) is 0 Å². The van der Waals surface area contributed by atoms with Gasteiger partial charge < -0.3 is 4.74 Å². The van der Waals surface area contributed by atoms with Crippen molar-refractivity contribution in [2.75, 3.05) is 13.2 Å². The monoisotopic (exact) mass is 215 g/mol. The van der Waals surface area contributed by atoms with Gasteiger partial charge in [-0.05, 0) is 32.1 Å². The molecule has 1 heterocycles. The van der Waals surface area contributed by atoms with Gasteiger partial charge in [-0.2, -0.15) is 0 Å². The smallest absolute Gasteiger partial charge is 0.0662 e. The molecule has 1 saturated heterocycles. The Balaban J connectivity index is 2.21. The van der Waals surface area contributed by atoms with E-state index in [2.05, 4.69) is 18.2 Å². The minimum Gasteiger partial charge on any atom is -0.379 e. The van der Waals surface area contributed by atoms with Gasteiger partial charge in [-0.15, -0.1) is 0 Å². The van der Waals surface area contributed by atoms with Gasteiger partial charge in [0.2, 0.25) is 0 Å². The van der Waals surface area contributed by atoms with Crippen LogP contribution in [0.4, 0.5) is 0 Å². The molecule has 3 heteroatoms. The maximum Gasteiger partial charge on any atom is 0.0662 e. The van der Waals surface area contributed by atoms with Crippen molar-refractivity contribution in [3.05, 3.63) is 0 Å². The summed E-state index contributed by atoms with van der Waals surface area (Å²) < 4.78 is 8.04. The average Bonchev–Trinajstić information content (AvgIpc) is 2.47. The lowest BCUT2D eigenvalue weighted by atomic mass is 9.88. The maximum absolute atomic E-state index is 5.75. The van der Waals surface area contributed by atoms with Crippen molar-refractivity contribution < 1.29 is 4.74 Å². The highest BCUT2D eigenvalue weighted by Crippen LogP contribution is 2.43. The normalized spacial score (nSPS) is 45.6. The van der Waals surface area contributed by atoms with Crippen molar-refractivity contribution in [1.29, 1.82) is 0 Å². The van der Waals surface area contributed by atoms with E-state index in [1.807, 2.05) is 0 Å². The third kappa shape index (κ3) is 1.59. The second-order valence-electron chi connectivity index (χ2n) is 4.93. The highest BCUT2D eigenvalue weighted by atomic mass is 32.1. The molecule has 0 aromatic rings. The number of hydrogen-bond acceptors (Lipinski definition) is 3. The Morgan fingerprint density at radius 1 is 1.36 bits per heavy atom. The molecule has 1 aliphatic carbocycles. The molecular formula is C11H21NOS. The van der Waals surface area contributed by atoms with Crippen molar-refractivity contribution in [3.63, 3.8) is 0 Å². The molecule has 1 aliphatic heterocycles. The number of rotatable bonds is 0. The highest BCUT2D eigenvalue weighted by molar-refractivity contribution is 7.77. The van der Waals surface area contributed by atoms with Crippen LogP contribution in [0.3, 0.4) is 0 Å². The second kappa shape index (κ2) is 4.03. The van der Waals surface area contributed by atoms with Crippen LogP contribution in [0.1, 0.15) is 39.5 Å². The molecule has 2 aliphatic rings. The number of hydrogen-bond donors (Lipinski definition) is 1. The molecule has 0 aromatic heterocycles. The molecule has 0 N–H and O–H groups in total. The van der Waals surface area contributed by atoms with Crippen molar-refractivity contribution in [3.8, 4) is 0 Å². The number of nitrogens with zero attached hydrogens (tertiary/aromatic N) is 1. The van der Waals surface area contributed by atoms with Gasteiger partial charge in [-0.25, -0.2) is 4.31 Å². The minimum absolute atomic E-state index is 0.221. The fourth-order valence-corrected chi connectivity index (χ4v) is 3.38. The van der Waals surface area contributed by atoms with E-state index in [1.165, 1.54) is 19.3 Å². The summed E-state index contributed by atoms with van der Waals surface area (Å²) in [5.74, 6) is 0.723. The summed E-state index contributed by atoms with van der Waals surface area (Å²) in [6.07, 6.45) is 5.02. The van der Waals surface area contributed by atoms with E-state index in [-0.39, 0.29) is 5.54 Å². The van der Waals surface area contributed by atoms with E-state index in [1.54, 1.807) is 0 Å². The highest BCUT2D eigenvalue weighted by Gasteiger charge is 2.46. The molecule has 0 aromatic carbocycles. The van der Waals surface area contributed by atoms with Crippen LogP contribution >= 0.6 is 12.8 Å². The van der Waals surface area contributed by atoms with Gasteiger partial charge in [0.1, 0.15) is 0 Å². The molecule has 82 valence electrons. The zero-order valence-corrected chi connectivity index (χ0v) is 10.1. The van der Waals surface area contributed by atoms with E-state index >= 15 is 0 Å². The summed E-state index contributed by atoms with van der Waals surface area (Å²) in [6, 6.07) is 0.543. The standard InChI is InChI=1S/C11H21NOS/c1-9-4-3-6-11(9)8-13-7-5-10(2)12(11)14/h9-10,14H,3-8H2,1-2H3/t9-,10+,11-/m1/s1. The van der Waals surface area contributed by atoms with E-state index < -0.39 is 0 Å². The van der Waals surface area contributed by atoms with E-state index in [0.717, 1.165) is 25.6 Å². The molecule has 2 rings (SSSR count).